The van der Waals surface area contributed by atoms with Crippen molar-refractivity contribution in [3.8, 4) is 0 Å². The van der Waals surface area contributed by atoms with Crippen LogP contribution in [-0.2, 0) is 0 Å². The zero-order valence-electron chi connectivity index (χ0n) is 6.40. The van der Waals surface area contributed by atoms with Crippen LogP contribution in [0.1, 0.15) is 52.9 Å². The molecule has 1 heteroatoms. The highest BCUT2D eigenvalue weighted by atomic mass is 16.2. The molecule has 0 aliphatic carbocycles. The third-order valence-electron chi connectivity index (χ3n) is 1.51. The van der Waals surface area contributed by atoms with E-state index in [4.69, 9.17) is 5.11 Å². The summed E-state index contributed by atoms with van der Waals surface area (Å²) in [4.78, 5) is 0. The monoisotopic (exact) mass is 146 g/mol. The molecule has 0 saturated heterocycles. The third-order valence-corrected chi connectivity index (χ3v) is 1.51. The lowest BCUT2D eigenvalue weighted by molar-refractivity contribution is 0.282. The van der Waals surface area contributed by atoms with E-state index in [1.165, 1.54) is 32.1 Å². The molecule has 0 unspecified atom stereocenters. The molecule has 0 saturated carbocycles. The molecule has 64 valence electrons. The SMILES string of the molecule is C.CCCCCCCCO. The summed E-state index contributed by atoms with van der Waals surface area (Å²) in [7, 11) is 0. The molecule has 0 atom stereocenters. The Balaban J connectivity index is 0. The number of unbranched alkanes of at least 4 members (excludes halogenated alkanes) is 5. The molecule has 0 aliphatic heterocycles. The van der Waals surface area contributed by atoms with Gasteiger partial charge in [0.05, 0.1) is 0 Å². The van der Waals surface area contributed by atoms with E-state index >= 15 is 0 Å². The first-order valence-electron chi connectivity index (χ1n) is 4.02. The highest BCUT2D eigenvalue weighted by Crippen LogP contribution is 2.03. The Bertz CT molecular complexity index is 38.0. The lowest BCUT2D eigenvalue weighted by atomic mass is 10.1. The molecule has 0 aliphatic rings. The summed E-state index contributed by atoms with van der Waals surface area (Å²) in [5.41, 5.74) is 0. The standard InChI is InChI=1S/C8H18O.CH4/c1-2-3-4-5-6-7-8-9;/h9H,2-8H2,1H3;1H4. The van der Waals surface area contributed by atoms with Gasteiger partial charge in [0, 0.05) is 6.61 Å². The molecule has 0 aromatic rings. The predicted octanol–water partition coefficient (Wildman–Crippen LogP) is 2.98. The van der Waals surface area contributed by atoms with Crippen LogP contribution in [0.4, 0.5) is 0 Å². The van der Waals surface area contributed by atoms with Crippen LogP contribution in [0.15, 0.2) is 0 Å². The number of rotatable bonds is 6. The average Bonchev–Trinajstić information content (AvgIpc) is 1.89. The van der Waals surface area contributed by atoms with Crippen molar-refractivity contribution >= 4 is 0 Å². The van der Waals surface area contributed by atoms with Gasteiger partial charge >= 0.3 is 0 Å². The second-order valence-corrected chi connectivity index (χ2v) is 2.49. The van der Waals surface area contributed by atoms with Crippen molar-refractivity contribution in [2.75, 3.05) is 6.61 Å². The summed E-state index contributed by atoms with van der Waals surface area (Å²) in [6.45, 7) is 2.58. The maximum atomic E-state index is 8.42. The largest absolute Gasteiger partial charge is 0.396 e. The van der Waals surface area contributed by atoms with Crippen molar-refractivity contribution in [3.05, 3.63) is 0 Å². The lowest BCUT2D eigenvalue weighted by Gasteiger charge is -1.95. The van der Waals surface area contributed by atoms with Crippen LogP contribution in [0.5, 0.6) is 0 Å². The Morgan fingerprint density at radius 1 is 0.900 bits per heavy atom. The molecule has 1 N–H and O–H groups in total. The molecule has 10 heavy (non-hydrogen) atoms. The zero-order chi connectivity index (χ0) is 6.95. The fraction of sp³-hybridized carbons (Fsp3) is 1.00. The smallest absolute Gasteiger partial charge is 0.0431 e. The van der Waals surface area contributed by atoms with E-state index in [1.54, 1.807) is 0 Å². The van der Waals surface area contributed by atoms with E-state index < -0.39 is 0 Å². The Morgan fingerprint density at radius 2 is 1.40 bits per heavy atom. The van der Waals surface area contributed by atoms with Gasteiger partial charge in [0.15, 0.2) is 0 Å². The van der Waals surface area contributed by atoms with Gasteiger partial charge in [-0.3, -0.25) is 0 Å². The van der Waals surface area contributed by atoms with E-state index in [9.17, 15) is 0 Å². The van der Waals surface area contributed by atoms with E-state index in [0.29, 0.717) is 6.61 Å². The number of hydrogen-bond acceptors (Lipinski definition) is 1. The minimum absolute atomic E-state index is 0. The van der Waals surface area contributed by atoms with Crippen molar-refractivity contribution in [2.45, 2.75) is 52.9 Å². The summed E-state index contributed by atoms with van der Waals surface area (Å²) in [5.74, 6) is 0. The second-order valence-electron chi connectivity index (χ2n) is 2.49. The van der Waals surface area contributed by atoms with Crippen molar-refractivity contribution in [1.82, 2.24) is 0 Å². The molecular formula is C9H22O. The molecule has 0 bridgehead atoms. The number of aliphatic hydroxyl groups excluding tert-OH is 1. The van der Waals surface area contributed by atoms with Gasteiger partial charge < -0.3 is 5.11 Å². The van der Waals surface area contributed by atoms with Gasteiger partial charge in [-0.25, -0.2) is 0 Å². The fourth-order valence-corrected chi connectivity index (χ4v) is 0.892. The van der Waals surface area contributed by atoms with Crippen LogP contribution >= 0.6 is 0 Å². The van der Waals surface area contributed by atoms with E-state index in [2.05, 4.69) is 6.92 Å². The summed E-state index contributed by atoms with van der Waals surface area (Å²) in [5, 5.41) is 8.42. The predicted molar refractivity (Wildman–Crippen MR) is 47.2 cm³/mol. The van der Waals surface area contributed by atoms with Crippen LogP contribution in [0, 0.1) is 0 Å². The van der Waals surface area contributed by atoms with Gasteiger partial charge in [0.1, 0.15) is 0 Å². The van der Waals surface area contributed by atoms with Crippen molar-refractivity contribution in [3.63, 3.8) is 0 Å². The van der Waals surface area contributed by atoms with Crippen LogP contribution in [0.25, 0.3) is 0 Å². The summed E-state index contributed by atoms with van der Waals surface area (Å²) >= 11 is 0. The van der Waals surface area contributed by atoms with Gasteiger partial charge in [-0.15, -0.1) is 0 Å². The highest BCUT2D eigenvalue weighted by molar-refractivity contribution is 4.41. The second kappa shape index (κ2) is 11.7. The summed E-state index contributed by atoms with van der Waals surface area (Å²) in [6, 6.07) is 0. The molecule has 0 spiro atoms. The molecule has 1 nitrogen and oxygen atoms in total. The van der Waals surface area contributed by atoms with E-state index in [-0.39, 0.29) is 7.43 Å². The van der Waals surface area contributed by atoms with Crippen LogP contribution in [0.3, 0.4) is 0 Å². The topological polar surface area (TPSA) is 20.2 Å². The van der Waals surface area contributed by atoms with Crippen LogP contribution in [-0.4, -0.2) is 11.7 Å². The van der Waals surface area contributed by atoms with Crippen molar-refractivity contribution in [2.24, 2.45) is 0 Å². The molecule has 0 aromatic heterocycles. The highest BCUT2D eigenvalue weighted by Gasteiger charge is 1.86. The molecule has 0 rings (SSSR count). The van der Waals surface area contributed by atoms with Gasteiger partial charge in [0.2, 0.25) is 0 Å². The molecule has 0 radical (unpaired) electrons. The molecule has 0 aromatic carbocycles. The minimum Gasteiger partial charge on any atom is -0.396 e. The number of aliphatic hydroxyl groups is 1. The van der Waals surface area contributed by atoms with Crippen molar-refractivity contribution in [1.29, 1.82) is 0 Å². The first-order valence-corrected chi connectivity index (χ1v) is 4.02. The zero-order valence-corrected chi connectivity index (χ0v) is 6.40. The first-order chi connectivity index (χ1) is 4.41. The molecule has 0 heterocycles. The van der Waals surface area contributed by atoms with Gasteiger partial charge in [0.25, 0.3) is 0 Å². The Morgan fingerprint density at radius 3 is 1.90 bits per heavy atom. The van der Waals surface area contributed by atoms with Gasteiger partial charge in [-0.2, -0.15) is 0 Å². The normalized spacial score (nSPS) is 9.00. The maximum Gasteiger partial charge on any atom is 0.0431 e. The van der Waals surface area contributed by atoms with Gasteiger partial charge in [-0.05, 0) is 6.42 Å². The van der Waals surface area contributed by atoms with Gasteiger partial charge in [-0.1, -0.05) is 46.5 Å². The summed E-state index contributed by atoms with van der Waals surface area (Å²) in [6.07, 6.45) is 7.50. The molecule has 0 fully saturated rings. The van der Waals surface area contributed by atoms with E-state index in [0.717, 1.165) is 6.42 Å². The fourth-order valence-electron chi connectivity index (χ4n) is 0.892. The maximum absolute atomic E-state index is 8.42. The van der Waals surface area contributed by atoms with E-state index in [1.807, 2.05) is 0 Å². The Kier molecular flexibility index (Phi) is 14.8. The minimum atomic E-state index is 0. The Labute approximate surface area is 65.5 Å². The molecular weight excluding hydrogens is 124 g/mol. The number of hydrogen-bond donors (Lipinski definition) is 1. The van der Waals surface area contributed by atoms with Crippen LogP contribution < -0.4 is 0 Å². The summed E-state index contributed by atoms with van der Waals surface area (Å²) < 4.78 is 0. The quantitative estimate of drug-likeness (QED) is 0.571. The first kappa shape index (κ1) is 12.6. The molecule has 0 amide bonds. The lowest BCUT2D eigenvalue weighted by Crippen LogP contribution is -1.82. The Hall–Kier alpha value is -0.0400. The third kappa shape index (κ3) is 10.9. The average molecular weight is 146 g/mol. The van der Waals surface area contributed by atoms with Crippen LogP contribution in [0.2, 0.25) is 0 Å². The van der Waals surface area contributed by atoms with Crippen molar-refractivity contribution < 1.29 is 5.11 Å².